The number of carbonyl (C=O) groups excluding carboxylic acids is 1. The molecule has 1 aliphatic rings. The second-order valence-electron chi connectivity index (χ2n) is 6.22. The minimum atomic E-state index is -0.485. The highest BCUT2D eigenvalue weighted by Crippen LogP contribution is 2.24. The zero-order valence-corrected chi connectivity index (χ0v) is 13.4. The van der Waals surface area contributed by atoms with Gasteiger partial charge in [0.15, 0.2) is 5.58 Å². The lowest BCUT2D eigenvalue weighted by atomic mass is 10.1. The average molecular weight is 326 g/mol. The highest BCUT2D eigenvalue weighted by Gasteiger charge is 2.24. The van der Waals surface area contributed by atoms with Crippen molar-refractivity contribution in [2.45, 2.75) is 31.7 Å². The van der Waals surface area contributed by atoms with Crippen LogP contribution in [0.15, 0.2) is 39.9 Å². The number of amides is 1. The van der Waals surface area contributed by atoms with E-state index in [1.807, 2.05) is 13.1 Å². The molecule has 4 rings (SSSR count). The maximum Gasteiger partial charge on any atom is 0.417 e. The van der Waals surface area contributed by atoms with Gasteiger partial charge in [0.2, 0.25) is 0 Å². The van der Waals surface area contributed by atoms with E-state index in [-0.39, 0.29) is 6.03 Å². The lowest BCUT2D eigenvalue weighted by molar-refractivity contribution is 0.192. The van der Waals surface area contributed by atoms with Gasteiger partial charge in [0.05, 0.1) is 11.2 Å². The molecule has 1 fully saturated rings. The number of hydrogen-bond acceptors (Lipinski definition) is 4. The Morgan fingerprint density at radius 2 is 2.17 bits per heavy atom. The normalized spacial score (nSPS) is 15.2. The molecule has 2 heterocycles. The molecule has 1 saturated carbocycles. The van der Waals surface area contributed by atoms with E-state index in [0.717, 1.165) is 18.4 Å². The minimum Gasteiger partial charge on any atom is -0.408 e. The van der Waals surface area contributed by atoms with Crippen LogP contribution < -0.4 is 5.76 Å². The summed E-state index contributed by atoms with van der Waals surface area (Å²) in [7, 11) is 1.85. The fourth-order valence-electron chi connectivity index (χ4n) is 3.32. The van der Waals surface area contributed by atoms with Crippen molar-refractivity contribution in [3.05, 3.63) is 41.3 Å². The molecule has 1 aliphatic carbocycles. The van der Waals surface area contributed by atoms with Crippen molar-refractivity contribution < 1.29 is 9.21 Å². The zero-order chi connectivity index (χ0) is 16.7. The van der Waals surface area contributed by atoms with E-state index in [0.29, 0.717) is 22.8 Å². The van der Waals surface area contributed by atoms with E-state index >= 15 is 0 Å². The second-order valence-corrected chi connectivity index (χ2v) is 6.22. The maximum atomic E-state index is 12.6. The Kier molecular flexibility index (Phi) is 3.48. The summed E-state index contributed by atoms with van der Waals surface area (Å²) in [5.41, 5.74) is 2.60. The standard InChI is InChI=1S/C17H18N4O3/c1-20(12-4-2-3-5-12)17(23)21-9-14(18-10-21)11-6-7-15-13(8-11)19-16(22)24-15/h6-10,12H,2-5H2,1H3,(H,19,22). The summed E-state index contributed by atoms with van der Waals surface area (Å²) in [4.78, 5) is 32.6. The molecule has 0 spiro atoms. The second kappa shape index (κ2) is 5.67. The van der Waals surface area contributed by atoms with Crippen LogP contribution in [0.3, 0.4) is 0 Å². The lowest BCUT2D eigenvalue weighted by Gasteiger charge is -2.23. The zero-order valence-electron chi connectivity index (χ0n) is 13.4. The van der Waals surface area contributed by atoms with Gasteiger partial charge in [-0.25, -0.2) is 14.6 Å². The molecule has 0 bridgehead atoms. The molecule has 0 aliphatic heterocycles. The molecule has 2 aromatic heterocycles. The van der Waals surface area contributed by atoms with Crippen molar-refractivity contribution in [1.82, 2.24) is 19.4 Å². The van der Waals surface area contributed by atoms with Gasteiger partial charge in [0.25, 0.3) is 0 Å². The fourth-order valence-corrected chi connectivity index (χ4v) is 3.32. The highest BCUT2D eigenvalue weighted by molar-refractivity contribution is 5.81. The molecule has 0 unspecified atom stereocenters. The van der Waals surface area contributed by atoms with Crippen molar-refractivity contribution >= 4 is 17.1 Å². The predicted octanol–water partition coefficient (Wildman–Crippen LogP) is 2.83. The number of H-pyrrole nitrogens is 1. The summed E-state index contributed by atoms with van der Waals surface area (Å²) in [5, 5.41) is 0. The largest absolute Gasteiger partial charge is 0.417 e. The Labute approximate surface area is 137 Å². The van der Waals surface area contributed by atoms with Gasteiger partial charge >= 0.3 is 11.8 Å². The molecule has 24 heavy (non-hydrogen) atoms. The lowest BCUT2D eigenvalue weighted by Crippen LogP contribution is -2.37. The summed E-state index contributed by atoms with van der Waals surface area (Å²) in [5.74, 6) is -0.485. The first-order chi connectivity index (χ1) is 11.6. The number of aromatic amines is 1. The average Bonchev–Trinajstić information content (AvgIpc) is 3.31. The van der Waals surface area contributed by atoms with Crippen molar-refractivity contribution in [2.24, 2.45) is 0 Å². The van der Waals surface area contributed by atoms with E-state index in [2.05, 4.69) is 9.97 Å². The molecular formula is C17H18N4O3. The summed E-state index contributed by atoms with van der Waals surface area (Å²) in [6.45, 7) is 0. The van der Waals surface area contributed by atoms with Crippen LogP contribution in [0.1, 0.15) is 25.7 Å². The van der Waals surface area contributed by atoms with E-state index in [1.165, 1.54) is 23.7 Å². The SMILES string of the molecule is CN(C(=O)n1cnc(-c2ccc3oc(=O)[nH]c3c2)c1)C1CCCC1. The first kappa shape index (κ1) is 14.7. The number of carbonyl (C=O) groups is 1. The summed E-state index contributed by atoms with van der Waals surface area (Å²) >= 11 is 0. The van der Waals surface area contributed by atoms with Gasteiger partial charge < -0.3 is 9.32 Å². The predicted molar refractivity (Wildman–Crippen MR) is 88.9 cm³/mol. The number of rotatable bonds is 2. The maximum absolute atomic E-state index is 12.6. The van der Waals surface area contributed by atoms with Crippen LogP contribution >= 0.6 is 0 Å². The van der Waals surface area contributed by atoms with Gasteiger partial charge in [-0.05, 0) is 31.0 Å². The first-order valence-corrected chi connectivity index (χ1v) is 8.06. The minimum absolute atomic E-state index is 0.0709. The van der Waals surface area contributed by atoms with Crippen molar-refractivity contribution in [2.75, 3.05) is 7.05 Å². The summed E-state index contributed by atoms with van der Waals surface area (Å²) < 4.78 is 6.50. The van der Waals surface area contributed by atoms with Crippen molar-refractivity contribution in [1.29, 1.82) is 0 Å². The molecule has 124 valence electrons. The number of nitrogens with one attached hydrogen (secondary N) is 1. The Morgan fingerprint density at radius 3 is 2.96 bits per heavy atom. The van der Waals surface area contributed by atoms with Crippen LogP contribution in [0.5, 0.6) is 0 Å². The van der Waals surface area contributed by atoms with Crippen LogP contribution in [-0.2, 0) is 0 Å². The van der Waals surface area contributed by atoms with Crippen molar-refractivity contribution in [3.8, 4) is 11.3 Å². The highest BCUT2D eigenvalue weighted by atomic mass is 16.4. The molecule has 3 aromatic rings. The van der Waals surface area contributed by atoms with Gasteiger partial charge in [-0.3, -0.25) is 9.55 Å². The Bertz CT molecular complexity index is 946. The number of imidazole rings is 1. The van der Waals surface area contributed by atoms with E-state index in [1.54, 1.807) is 23.2 Å². The van der Waals surface area contributed by atoms with Crippen LogP contribution in [0.25, 0.3) is 22.4 Å². The Hall–Kier alpha value is -2.83. The number of hydrogen-bond donors (Lipinski definition) is 1. The van der Waals surface area contributed by atoms with Gasteiger partial charge in [-0.1, -0.05) is 12.8 Å². The molecule has 1 amide bonds. The Morgan fingerprint density at radius 1 is 1.38 bits per heavy atom. The first-order valence-electron chi connectivity index (χ1n) is 8.06. The fraction of sp³-hybridized carbons (Fsp3) is 0.353. The topological polar surface area (TPSA) is 84.1 Å². The number of oxazole rings is 1. The van der Waals surface area contributed by atoms with E-state index in [9.17, 15) is 9.59 Å². The van der Waals surface area contributed by atoms with Crippen LogP contribution in [-0.4, -0.2) is 38.6 Å². The molecule has 1 aromatic carbocycles. The van der Waals surface area contributed by atoms with E-state index in [4.69, 9.17) is 4.42 Å². The van der Waals surface area contributed by atoms with Gasteiger partial charge in [0.1, 0.15) is 6.33 Å². The van der Waals surface area contributed by atoms with Crippen LogP contribution in [0, 0.1) is 0 Å². The molecule has 7 nitrogen and oxygen atoms in total. The third kappa shape index (κ3) is 2.51. The van der Waals surface area contributed by atoms with Crippen molar-refractivity contribution in [3.63, 3.8) is 0 Å². The van der Waals surface area contributed by atoms with Gasteiger partial charge in [0, 0.05) is 24.8 Å². The number of aromatic nitrogens is 3. The molecule has 0 saturated heterocycles. The molecular weight excluding hydrogens is 308 g/mol. The summed E-state index contributed by atoms with van der Waals surface area (Å²) in [6, 6.07) is 5.57. The number of fused-ring (bicyclic) bond motifs is 1. The Balaban J connectivity index is 1.60. The third-order valence-corrected chi connectivity index (χ3v) is 4.69. The monoisotopic (exact) mass is 326 g/mol. The summed E-state index contributed by atoms with van der Waals surface area (Å²) in [6.07, 6.45) is 7.74. The van der Waals surface area contributed by atoms with Gasteiger partial charge in [-0.2, -0.15) is 0 Å². The van der Waals surface area contributed by atoms with Gasteiger partial charge in [-0.15, -0.1) is 0 Å². The molecule has 0 atom stereocenters. The number of benzene rings is 1. The third-order valence-electron chi connectivity index (χ3n) is 4.69. The molecule has 0 radical (unpaired) electrons. The quantitative estimate of drug-likeness (QED) is 0.785. The van der Waals surface area contributed by atoms with Crippen LogP contribution in [0.2, 0.25) is 0 Å². The van der Waals surface area contributed by atoms with Crippen LogP contribution in [0.4, 0.5) is 4.79 Å². The van der Waals surface area contributed by atoms with E-state index < -0.39 is 5.76 Å². The smallest absolute Gasteiger partial charge is 0.408 e. The number of nitrogens with zero attached hydrogens (tertiary/aromatic N) is 3. The molecule has 1 N–H and O–H groups in total. The molecule has 7 heteroatoms.